The van der Waals surface area contributed by atoms with Gasteiger partial charge in [-0.2, -0.15) is 13.2 Å². The second-order valence-electron chi connectivity index (χ2n) is 7.69. The van der Waals surface area contributed by atoms with Gasteiger partial charge in [-0.25, -0.2) is 0 Å². The maximum Gasteiger partial charge on any atom is 0.416 e. The third kappa shape index (κ3) is 3.77. The maximum absolute atomic E-state index is 13.1. The zero-order valence-electron chi connectivity index (χ0n) is 15.5. The van der Waals surface area contributed by atoms with Crippen molar-refractivity contribution >= 4 is 5.91 Å². The fraction of sp³-hybridized carbons (Fsp3) is 0.550. The molecule has 2 heterocycles. The Morgan fingerprint density at radius 3 is 2.68 bits per heavy atom. The van der Waals surface area contributed by atoms with E-state index in [1.807, 2.05) is 0 Å². The molecule has 150 valence electrons. The van der Waals surface area contributed by atoms with Crippen LogP contribution >= 0.6 is 0 Å². The van der Waals surface area contributed by atoms with Crippen LogP contribution in [0.5, 0.6) is 0 Å². The van der Waals surface area contributed by atoms with E-state index in [2.05, 4.69) is 15.5 Å². The van der Waals surface area contributed by atoms with Gasteiger partial charge in [0.05, 0.1) is 5.56 Å². The largest absolute Gasteiger partial charge is 0.416 e. The molecule has 1 aromatic heterocycles. The molecule has 1 atom stereocenters. The van der Waals surface area contributed by atoms with Crippen molar-refractivity contribution < 1.29 is 18.0 Å². The van der Waals surface area contributed by atoms with Gasteiger partial charge in [-0.1, -0.05) is 31.4 Å². The topological polar surface area (TPSA) is 59.8 Å². The molecule has 1 amide bonds. The summed E-state index contributed by atoms with van der Waals surface area (Å²) < 4.78 is 40.9. The van der Waals surface area contributed by atoms with E-state index in [0.717, 1.165) is 25.0 Å². The molecule has 0 radical (unpaired) electrons. The highest BCUT2D eigenvalue weighted by molar-refractivity contribution is 5.81. The lowest BCUT2D eigenvalue weighted by molar-refractivity contribution is -0.137. The van der Waals surface area contributed by atoms with Crippen molar-refractivity contribution in [2.24, 2.45) is 5.92 Å². The zero-order valence-corrected chi connectivity index (χ0v) is 15.5. The number of aromatic nitrogens is 3. The Kier molecular flexibility index (Phi) is 5.12. The van der Waals surface area contributed by atoms with E-state index in [0.29, 0.717) is 42.5 Å². The third-order valence-electron chi connectivity index (χ3n) is 5.76. The molecule has 28 heavy (non-hydrogen) atoms. The van der Waals surface area contributed by atoms with E-state index >= 15 is 0 Å². The lowest BCUT2D eigenvalue weighted by atomic mass is 9.89. The number of halogens is 3. The monoisotopic (exact) mass is 392 g/mol. The van der Waals surface area contributed by atoms with Crippen LogP contribution in [0.4, 0.5) is 13.2 Å². The molecule has 2 aromatic rings. The second-order valence-corrected chi connectivity index (χ2v) is 7.69. The molecule has 4 rings (SSSR count). The van der Waals surface area contributed by atoms with Crippen LogP contribution in [0.2, 0.25) is 0 Å². The minimum absolute atomic E-state index is 0.0997. The van der Waals surface area contributed by atoms with Gasteiger partial charge >= 0.3 is 6.18 Å². The number of benzene rings is 1. The van der Waals surface area contributed by atoms with E-state index in [1.165, 1.54) is 25.3 Å². The molecule has 1 fully saturated rings. The van der Waals surface area contributed by atoms with Gasteiger partial charge in [0.15, 0.2) is 5.82 Å². The summed E-state index contributed by atoms with van der Waals surface area (Å²) in [7, 11) is 0. The minimum Gasteiger partial charge on any atom is -0.354 e. The number of amides is 1. The molecular weight excluding hydrogens is 369 g/mol. The number of nitrogens with zero attached hydrogens (tertiary/aromatic N) is 3. The number of nitrogens with one attached hydrogen (secondary N) is 1. The Bertz CT molecular complexity index is 855. The van der Waals surface area contributed by atoms with Gasteiger partial charge in [0.25, 0.3) is 0 Å². The Labute approximate surface area is 161 Å². The van der Waals surface area contributed by atoms with E-state index in [1.54, 1.807) is 10.6 Å². The van der Waals surface area contributed by atoms with Crippen molar-refractivity contribution in [1.82, 2.24) is 20.1 Å². The molecule has 0 saturated heterocycles. The number of hydrogen-bond donors (Lipinski definition) is 1. The average Bonchev–Trinajstić information content (AvgIpc) is 3.28. The summed E-state index contributed by atoms with van der Waals surface area (Å²) in [4.78, 5) is 12.8. The molecule has 1 saturated carbocycles. The Morgan fingerprint density at radius 2 is 1.93 bits per heavy atom. The van der Waals surface area contributed by atoms with Crippen molar-refractivity contribution in [2.75, 3.05) is 6.54 Å². The predicted octanol–water partition coefficient (Wildman–Crippen LogP) is 4.15. The van der Waals surface area contributed by atoms with E-state index in [4.69, 9.17) is 0 Å². The van der Waals surface area contributed by atoms with Gasteiger partial charge in [0, 0.05) is 18.5 Å². The summed E-state index contributed by atoms with van der Waals surface area (Å²) in [6.07, 6.45) is 2.70. The SMILES string of the molecule is O=C(NCC1CCCCC1)C1CCc2nnc(-c3cccc(C(F)(F)F)c3)n21. The van der Waals surface area contributed by atoms with Crippen molar-refractivity contribution in [3.63, 3.8) is 0 Å². The molecule has 2 aliphatic rings. The zero-order chi connectivity index (χ0) is 19.7. The van der Waals surface area contributed by atoms with Gasteiger partial charge in [-0.3, -0.25) is 9.36 Å². The number of carbonyl (C=O) groups excluding carboxylic acids is 1. The van der Waals surface area contributed by atoms with Gasteiger partial charge in [-0.15, -0.1) is 10.2 Å². The molecule has 1 N–H and O–H groups in total. The Morgan fingerprint density at radius 1 is 1.14 bits per heavy atom. The van der Waals surface area contributed by atoms with Gasteiger partial charge in [0.2, 0.25) is 5.91 Å². The van der Waals surface area contributed by atoms with Crippen LogP contribution in [0.3, 0.4) is 0 Å². The summed E-state index contributed by atoms with van der Waals surface area (Å²) in [5, 5.41) is 11.2. The van der Waals surface area contributed by atoms with Crippen molar-refractivity contribution in [1.29, 1.82) is 0 Å². The number of rotatable bonds is 4. The van der Waals surface area contributed by atoms with Crippen LogP contribution < -0.4 is 5.32 Å². The summed E-state index contributed by atoms with van der Waals surface area (Å²) in [5.41, 5.74) is -0.417. The maximum atomic E-state index is 13.1. The highest BCUT2D eigenvalue weighted by Crippen LogP contribution is 2.35. The van der Waals surface area contributed by atoms with Crippen LogP contribution in [-0.4, -0.2) is 27.2 Å². The van der Waals surface area contributed by atoms with Crippen molar-refractivity contribution in [3.05, 3.63) is 35.7 Å². The fourth-order valence-electron chi connectivity index (χ4n) is 4.25. The molecule has 1 aliphatic carbocycles. The number of carbonyl (C=O) groups is 1. The molecule has 0 bridgehead atoms. The first-order valence-corrected chi connectivity index (χ1v) is 9.82. The average molecular weight is 392 g/mol. The molecule has 1 aliphatic heterocycles. The van der Waals surface area contributed by atoms with Crippen LogP contribution in [0, 0.1) is 5.92 Å². The quantitative estimate of drug-likeness (QED) is 0.851. The molecule has 0 spiro atoms. The molecule has 5 nitrogen and oxygen atoms in total. The highest BCUT2D eigenvalue weighted by Gasteiger charge is 2.34. The van der Waals surface area contributed by atoms with Gasteiger partial charge < -0.3 is 5.32 Å². The summed E-state index contributed by atoms with van der Waals surface area (Å²) in [6.45, 7) is 0.658. The number of alkyl halides is 3. The normalized spacial score (nSPS) is 20.2. The lowest BCUT2D eigenvalue weighted by Gasteiger charge is -2.23. The summed E-state index contributed by atoms with van der Waals surface area (Å²) in [5.74, 6) is 1.38. The third-order valence-corrected chi connectivity index (χ3v) is 5.76. The Hall–Kier alpha value is -2.38. The number of fused-ring (bicyclic) bond motifs is 1. The first-order valence-electron chi connectivity index (χ1n) is 9.82. The number of hydrogen-bond acceptors (Lipinski definition) is 3. The van der Waals surface area contributed by atoms with E-state index in [9.17, 15) is 18.0 Å². The van der Waals surface area contributed by atoms with E-state index in [-0.39, 0.29) is 5.91 Å². The molecule has 1 aromatic carbocycles. The van der Waals surface area contributed by atoms with Crippen molar-refractivity contribution in [2.45, 2.75) is 57.2 Å². The standard InChI is InChI=1S/C20H23F3N4O/c21-20(22,23)15-8-4-7-14(11-15)18-26-25-17-10-9-16(27(17)18)19(28)24-12-13-5-2-1-3-6-13/h4,7-8,11,13,16H,1-3,5-6,9-10,12H2,(H,24,28). The van der Waals surface area contributed by atoms with Crippen LogP contribution in [0.25, 0.3) is 11.4 Å². The minimum atomic E-state index is -4.43. The molecule has 8 heteroatoms. The van der Waals surface area contributed by atoms with Crippen LogP contribution in [0.15, 0.2) is 24.3 Å². The molecular formula is C20H23F3N4O. The fourth-order valence-corrected chi connectivity index (χ4v) is 4.25. The Balaban J connectivity index is 1.54. The molecule has 1 unspecified atom stereocenters. The smallest absolute Gasteiger partial charge is 0.354 e. The summed E-state index contributed by atoms with van der Waals surface area (Å²) >= 11 is 0. The van der Waals surface area contributed by atoms with Gasteiger partial charge in [-0.05, 0) is 37.3 Å². The van der Waals surface area contributed by atoms with E-state index < -0.39 is 17.8 Å². The lowest BCUT2D eigenvalue weighted by Crippen LogP contribution is -2.35. The first kappa shape index (κ1) is 19.0. The first-order chi connectivity index (χ1) is 13.4. The van der Waals surface area contributed by atoms with Crippen LogP contribution in [0.1, 0.15) is 56.0 Å². The second kappa shape index (κ2) is 7.56. The highest BCUT2D eigenvalue weighted by atomic mass is 19.4. The predicted molar refractivity (Wildman–Crippen MR) is 97.4 cm³/mol. The summed E-state index contributed by atoms with van der Waals surface area (Å²) in [6, 6.07) is 4.54. The number of aryl methyl sites for hydroxylation is 1. The van der Waals surface area contributed by atoms with Crippen LogP contribution in [-0.2, 0) is 17.4 Å². The van der Waals surface area contributed by atoms with Gasteiger partial charge in [0.1, 0.15) is 11.9 Å². The van der Waals surface area contributed by atoms with Crippen molar-refractivity contribution in [3.8, 4) is 11.4 Å².